The van der Waals surface area contributed by atoms with Gasteiger partial charge in [-0.15, -0.1) is 0 Å². The Labute approximate surface area is 78.7 Å². The molecule has 1 unspecified atom stereocenters. The van der Waals surface area contributed by atoms with Crippen LogP contribution in [0.1, 0.15) is 38.3 Å². The Balaban J connectivity index is 2.42. The van der Waals surface area contributed by atoms with Crippen LogP contribution < -0.4 is 0 Å². The first kappa shape index (κ1) is 8.75. The maximum atomic E-state index is 5.28. The van der Waals surface area contributed by atoms with Crippen LogP contribution in [0.4, 0.5) is 0 Å². The largest absolute Gasteiger partial charge is 0.366 e. The molecule has 1 aromatic heterocycles. The molecule has 1 atom stereocenters. The first-order valence-electron chi connectivity index (χ1n) is 4.67. The highest BCUT2D eigenvalue weighted by Crippen LogP contribution is 2.32. The highest BCUT2D eigenvalue weighted by atomic mass is 16.6. The summed E-state index contributed by atoms with van der Waals surface area (Å²) in [5, 5.41) is 4.48. The maximum Gasteiger partial charge on any atom is 0.123 e. The first-order valence-corrected chi connectivity index (χ1v) is 4.67. The molecule has 0 amide bonds. The van der Waals surface area contributed by atoms with Crippen molar-refractivity contribution in [3.05, 3.63) is 17.5 Å². The number of aromatic nitrogens is 2. The minimum absolute atomic E-state index is 0.0511. The number of ether oxygens (including phenoxy) is 1. The van der Waals surface area contributed by atoms with Crippen LogP contribution in [-0.4, -0.2) is 16.4 Å². The van der Waals surface area contributed by atoms with Gasteiger partial charge in [-0.3, -0.25) is 4.68 Å². The highest BCUT2D eigenvalue weighted by molar-refractivity contribution is 5.16. The number of hydrogen-bond acceptors (Lipinski definition) is 2. The Morgan fingerprint density at radius 1 is 1.54 bits per heavy atom. The summed E-state index contributed by atoms with van der Waals surface area (Å²) in [6.07, 6.45) is 0.292. The molecule has 3 nitrogen and oxygen atoms in total. The van der Waals surface area contributed by atoms with Crippen LogP contribution in [0.5, 0.6) is 0 Å². The van der Waals surface area contributed by atoms with Crippen LogP contribution in [0.2, 0.25) is 0 Å². The Bertz CT molecular complexity index is 318. The lowest BCUT2D eigenvalue weighted by molar-refractivity contribution is 0.320. The molecular weight excluding hydrogens is 164 g/mol. The van der Waals surface area contributed by atoms with Crippen molar-refractivity contribution in [2.45, 2.75) is 39.3 Å². The normalized spacial score (nSPS) is 22.0. The van der Waals surface area contributed by atoms with Crippen molar-refractivity contribution in [2.75, 3.05) is 6.61 Å². The number of hydrogen-bond donors (Lipinski definition) is 0. The number of nitrogens with zero attached hydrogens (tertiary/aromatic N) is 2. The molecule has 1 fully saturated rings. The number of epoxide rings is 1. The third-order valence-corrected chi connectivity index (χ3v) is 2.16. The summed E-state index contributed by atoms with van der Waals surface area (Å²) in [7, 11) is 0. The second-order valence-electron chi connectivity index (χ2n) is 4.62. The van der Waals surface area contributed by atoms with E-state index in [9.17, 15) is 0 Å². The van der Waals surface area contributed by atoms with Crippen LogP contribution in [0, 0.1) is 6.92 Å². The molecule has 2 heterocycles. The summed E-state index contributed by atoms with van der Waals surface area (Å²) in [6, 6.07) is 2.11. The molecule has 1 aliphatic heterocycles. The molecule has 0 spiro atoms. The molecule has 13 heavy (non-hydrogen) atoms. The third kappa shape index (κ3) is 1.61. The van der Waals surface area contributed by atoms with Crippen LogP contribution >= 0.6 is 0 Å². The quantitative estimate of drug-likeness (QED) is 0.619. The highest BCUT2D eigenvalue weighted by Gasteiger charge is 2.32. The Hall–Kier alpha value is -0.830. The molecular formula is C10H16N2O. The van der Waals surface area contributed by atoms with Gasteiger partial charge in [-0.2, -0.15) is 5.10 Å². The zero-order chi connectivity index (χ0) is 9.64. The molecule has 0 aromatic carbocycles. The van der Waals surface area contributed by atoms with E-state index in [2.05, 4.69) is 36.6 Å². The average molecular weight is 180 g/mol. The minimum atomic E-state index is 0.0511. The van der Waals surface area contributed by atoms with E-state index >= 15 is 0 Å². The van der Waals surface area contributed by atoms with E-state index in [4.69, 9.17) is 4.74 Å². The Kier molecular flexibility index (Phi) is 1.74. The Morgan fingerprint density at radius 2 is 2.15 bits per heavy atom. The van der Waals surface area contributed by atoms with Crippen molar-refractivity contribution in [1.82, 2.24) is 9.78 Å². The fourth-order valence-corrected chi connectivity index (χ4v) is 1.51. The van der Waals surface area contributed by atoms with Gasteiger partial charge in [0.05, 0.1) is 23.5 Å². The lowest BCUT2D eigenvalue weighted by atomic mass is 10.1. The monoisotopic (exact) mass is 180 g/mol. The van der Waals surface area contributed by atoms with Gasteiger partial charge in [-0.05, 0) is 33.8 Å². The second kappa shape index (κ2) is 2.58. The lowest BCUT2D eigenvalue weighted by Gasteiger charge is -2.21. The van der Waals surface area contributed by atoms with Gasteiger partial charge in [0.15, 0.2) is 0 Å². The van der Waals surface area contributed by atoms with E-state index in [-0.39, 0.29) is 5.54 Å². The molecule has 3 heteroatoms. The van der Waals surface area contributed by atoms with Crippen molar-refractivity contribution in [2.24, 2.45) is 0 Å². The summed E-state index contributed by atoms with van der Waals surface area (Å²) in [4.78, 5) is 0. The summed E-state index contributed by atoms with van der Waals surface area (Å²) in [5.41, 5.74) is 2.33. The zero-order valence-electron chi connectivity index (χ0n) is 8.66. The topological polar surface area (TPSA) is 30.4 Å². The van der Waals surface area contributed by atoms with Gasteiger partial charge in [0.2, 0.25) is 0 Å². The molecule has 0 N–H and O–H groups in total. The standard InChI is InChI=1S/C10H16N2O/c1-7-5-8(9-6-13-9)12(11-7)10(2,3)4/h5,9H,6H2,1-4H3. The lowest BCUT2D eigenvalue weighted by Crippen LogP contribution is -2.25. The Morgan fingerprint density at radius 3 is 2.62 bits per heavy atom. The summed E-state index contributed by atoms with van der Waals surface area (Å²) >= 11 is 0. The van der Waals surface area contributed by atoms with Gasteiger partial charge < -0.3 is 4.74 Å². The predicted octanol–water partition coefficient (Wildman–Crippen LogP) is 2.02. The second-order valence-corrected chi connectivity index (χ2v) is 4.62. The van der Waals surface area contributed by atoms with Gasteiger partial charge in [0.25, 0.3) is 0 Å². The summed E-state index contributed by atoms with van der Waals surface area (Å²) in [5.74, 6) is 0. The third-order valence-electron chi connectivity index (χ3n) is 2.16. The molecule has 1 aliphatic rings. The molecule has 0 saturated carbocycles. The van der Waals surface area contributed by atoms with Gasteiger partial charge in [-0.25, -0.2) is 0 Å². The van der Waals surface area contributed by atoms with Gasteiger partial charge in [-0.1, -0.05) is 0 Å². The van der Waals surface area contributed by atoms with Crippen LogP contribution in [0.15, 0.2) is 6.07 Å². The number of aryl methyl sites for hydroxylation is 1. The average Bonchev–Trinajstić information content (AvgIpc) is 2.73. The van der Waals surface area contributed by atoms with Crippen molar-refractivity contribution < 1.29 is 4.74 Å². The summed E-state index contributed by atoms with van der Waals surface area (Å²) < 4.78 is 7.35. The molecule has 0 bridgehead atoms. The SMILES string of the molecule is Cc1cc(C2CO2)n(C(C)(C)C)n1. The van der Waals surface area contributed by atoms with Gasteiger partial charge in [0.1, 0.15) is 6.10 Å². The van der Waals surface area contributed by atoms with Crippen LogP contribution in [-0.2, 0) is 10.3 Å². The van der Waals surface area contributed by atoms with Crippen LogP contribution in [0.3, 0.4) is 0 Å². The van der Waals surface area contributed by atoms with Gasteiger partial charge in [0, 0.05) is 0 Å². The molecule has 0 radical (unpaired) electrons. The fourth-order valence-electron chi connectivity index (χ4n) is 1.51. The first-order chi connectivity index (χ1) is 5.98. The minimum Gasteiger partial charge on any atom is -0.366 e. The van der Waals surface area contributed by atoms with Crippen molar-refractivity contribution in [3.63, 3.8) is 0 Å². The number of rotatable bonds is 1. The summed E-state index contributed by atoms with van der Waals surface area (Å²) in [6.45, 7) is 9.34. The van der Waals surface area contributed by atoms with E-state index < -0.39 is 0 Å². The van der Waals surface area contributed by atoms with E-state index in [1.54, 1.807) is 0 Å². The van der Waals surface area contributed by atoms with Crippen LogP contribution in [0.25, 0.3) is 0 Å². The molecule has 1 saturated heterocycles. The molecule has 72 valence electrons. The van der Waals surface area contributed by atoms with Gasteiger partial charge >= 0.3 is 0 Å². The van der Waals surface area contributed by atoms with Crippen molar-refractivity contribution >= 4 is 0 Å². The molecule has 0 aliphatic carbocycles. The zero-order valence-corrected chi connectivity index (χ0v) is 8.66. The van der Waals surface area contributed by atoms with Crippen molar-refractivity contribution in [1.29, 1.82) is 0 Å². The molecule has 1 aromatic rings. The smallest absolute Gasteiger partial charge is 0.123 e. The predicted molar refractivity (Wildman–Crippen MR) is 50.7 cm³/mol. The van der Waals surface area contributed by atoms with E-state index in [0.717, 1.165) is 12.3 Å². The van der Waals surface area contributed by atoms with E-state index in [1.807, 2.05) is 6.92 Å². The van der Waals surface area contributed by atoms with E-state index in [0.29, 0.717) is 6.10 Å². The van der Waals surface area contributed by atoms with E-state index in [1.165, 1.54) is 5.69 Å². The fraction of sp³-hybridized carbons (Fsp3) is 0.700. The molecule has 2 rings (SSSR count). The van der Waals surface area contributed by atoms with Crippen molar-refractivity contribution in [3.8, 4) is 0 Å². The maximum absolute atomic E-state index is 5.28.